The largest absolute Gasteiger partial charge is 0.449 e. The maximum absolute atomic E-state index is 15.1. The molecule has 0 N–H and O–H groups in total. The minimum atomic E-state index is -1.81. The third kappa shape index (κ3) is 4.42. The molecule has 1 unspecified atom stereocenters. The molecule has 0 spiro atoms. The van der Waals surface area contributed by atoms with Gasteiger partial charge in [-0.1, -0.05) is 42.5 Å². The fraction of sp³-hybridized carbons (Fsp3) is 0.192. The van der Waals surface area contributed by atoms with Crippen LogP contribution in [-0.2, 0) is 9.47 Å². The van der Waals surface area contributed by atoms with E-state index in [-0.39, 0.29) is 16.9 Å². The molecule has 0 amide bonds. The van der Waals surface area contributed by atoms with Crippen molar-refractivity contribution in [1.82, 2.24) is 0 Å². The normalized spacial score (nSPS) is 16.9. The Morgan fingerprint density at radius 2 is 1.63 bits per heavy atom. The average Bonchev–Trinajstić information content (AvgIpc) is 3.29. The fourth-order valence-electron chi connectivity index (χ4n) is 3.78. The minimum absolute atomic E-state index is 0.204. The van der Waals surface area contributed by atoms with Gasteiger partial charge in [0, 0.05) is 18.9 Å². The Balaban J connectivity index is 1.90. The van der Waals surface area contributed by atoms with Gasteiger partial charge in [0.15, 0.2) is 11.6 Å². The fourth-order valence-corrected chi connectivity index (χ4v) is 3.78. The maximum Gasteiger partial charge on any atom is 0.344 e. The highest BCUT2D eigenvalue weighted by molar-refractivity contribution is 5.96. The number of esters is 1. The molecule has 0 radical (unpaired) electrons. The molecule has 0 aromatic heterocycles. The molecular formula is C26H17F3N2O4. The van der Waals surface area contributed by atoms with Crippen molar-refractivity contribution in [2.45, 2.75) is 25.6 Å². The van der Waals surface area contributed by atoms with Gasteiger partial charge in [0.1, 0.15) is 34.6 Å². The summed E-state index contributed by atoms with van der Waals surface area (Å²) in [7, 11) is 0. The van der Waals surface area contributed by atoms with E-state index in [4.69, 9.17) is 19.5 Å². The van der Waals surface area contributed by atoms with Crippen LogP contribution in [0.25, 0.3) is 11.1 Å². The van der Waals surface area contributed by atoms with Crippen LogP contribution >= 0.6 is 0 Å². The minimum Gasteiger partial charge on any atom is -0.449 e. The van der Waals surface area contributed by atoms with Crippen molar-refractivity contribution >= 4 is 5.97 Å². The number of rotatable bonds is 5. The number of carbonyl (C=O) groups excluding carboxylic acids is 1. The Morgan fingerprint density at radius 3 is 2.26 bits per heavy atom. The maximum atomic E-state index is 15.1. The summed E-state index contributed by atoms with van der Waals surface area (Å²) in [4.78, 5) is 13.1. The van der Waals surface area contributed by atoms with Crippen LogP contribution in [0.5, 0.6) is 11.5 Å². The van der Waals surface area contributed by atoms with Gasteiger partial charge < -0.3 is 14.2 Å². The van der Waals surface area contributed by atoms with Crippen molar-refractivity contribution in [1.29, 1.82) is 10.5 Å². The van der Waals surface area contributed by atoms with Crippen molar-refractivity contribution in [2.75, 3.05) is 6.61 Å². The van der Waals surface area contributed by atoms with Gasteiger partial charge in [-0.2, -0.15) is 14.9 Å². The molecule has 1 heterocycles. The summed E-state index contributed by atoms with van der Waals surface area (Å²) in [6.07, 6.45) is 1.12. The molecule has 1 aliphatic heterocycles. The van der Waals surface area contributed by atoms with Crippen LogP contribution in [0.15, 0.2) is 48.5 Å². The molecule has 9 heteroatoms. The summed E-state index contributed by atoms with van der Waals surface area (Å²) in [6, 6.07) is 15.5. The van der Waals surface area contributed by atoms with Gasteiger partial charge in [-0.15, -0.1) is 0 Å². The van der Waals surface area contributed by atoms with Gasteiger partial charge >= 0.3 is 5.97 Å². The number of hydrogen-bond donors (Lipinski definition) is 0. The highest BCUT2D eigenvalue weighted by atomic mass is 19.2. The SMILES string of the molecule is CC1(OC(=O)c2cccc(-c3ccccc3)c2Oc2c(F)c(F)c(C#N)c(C#N)c2F)CCCO1. The van der Waals surface area contributed by atoms with E-state index in [0.29, 0.717) is 25.0 Å². The monoisotopic (exact) mass is 478 g/mol. The zero-order chi connectivity index (χ0) is 25.2. The Hall–Kier alpha value is -4.34. The number of hydrogen-bond acceptors (Lipinski definition) is 6. The second kappa shape index (κ2) is 9.49. The summed E-state index contributed by atoms with van der Waals surface area (Å²) < 4.78 is 60.9. The molecule has 1 aliphatic rings. The Bertz CT molecular complexity index is 1390. The molecule has 3 aromatic carbocycles. The topological polar surface area (TPSA) is 92.3 Å². The first-order valence-electron chi connectivity index (χ1n) is 10.5. The molecule has 176 valence electrons. The van der Waals surface area contributed by atoms with E-state index >= 15 is 4.39 Å². The second-order valence-corrected chi connectivity index (χ2v) is 7.87. The highest BCUT2D eigenvalue weighted by Crippen LogP contribution is 2.41. The lowest BCUT2D eigenvalue weighted by atomic mass is 10.0. The lowest BCUT2D eigenvalue weighted by molar-refractivity contribution is -0.160. The third-order valence-electron chi connectivity index (χ3n) is 5.52. The predicted molar refractivity (Wildman–Crippen MR) is 117 cm³/mol. The van der Waals surface area contributed by atoms with Crippen LogP contribution in [0.2, 0.25) is 0 Å². The second-order valence-electron chi connectivity index (χ2n) is 7.87. The van der Waals surface area contributed by atoms with Gasteiger partial charge in [0.2, 0.25) is 17.4 Å². The zero-order valence-electron chi connectivity index (χ0n) is 18.4. The molecule has 3 aromatic rings. The van der Waals surface area contributed by atoms with Gasteiger partial charge in [-0.25, -0.2) is 13.6 Å². The van der Waals surface area contributed by atoms with Gasteiger partial charge in [-0.05, 0) is 18.1 Å². The third-order valence-corrected chi connectivity index (χ3v) is 5.52. The molecule has 0 bridgehead atoms. The summed E-state index contributed by atoms with van der Waals surface area (Å²) >= 11 is 0. The average molecular weight is 478 g/mol. The number of nitrogens with zero attached hydrogens (tertiary/aromatic N) is 2. The highest BCUT2D eigenvalue weighted by Gasteiger charge is 2.36. The zero-order valence-corrected chi connectivity index (χ0v) is 18.4. The Kier molecular flexibility index (Phi) is 6.46. The number of halogens is 3. The first kappa shape index (κ1) is 23.8. The first-order chi connectivity index (χ1) is 16.8. The molecule has 35 heavy (non-hydrogen) atoms. The summed E-state index contributed by atoms with van der Waals surface area (Å²) in [5.74, 6) is -8.80. The van der Waals surface area contributed by atoms with E-state index in [1.807, 2.05) is 0 Å². The van der Waals surface area contributed by atoms with Crippen molar-refractivity contribution in [2.24, 2.45) is 0 Å². The van der Waals surface area contributed by atoms with E-state index in [2.05, 4.69) is 0 Å². The van der Waals surface area contributed by atoms with Gasteiger partial charge in [0.25, 0.3) is 0 Å². The van der Waals surface area contributed by atoms with Crippen molar-refractivity contribution in [3.63, 3.8) is 0 Å². The van der Waals surface area contributed by atoms with Crippen LogP contribution < -0.4 is 4.74 Å². The van der Waals surface area contributed by atoms with Gasteiger partial charge in [-0.3, -0.25) is 0 Å². The molecule has 1 fully saturated rings. The Labute approximate surface area is 198 Å². The summed E-state index contributed by atoms with van der Waals surface area (Å²) in [5, 5.41) is 18.3. The number of benzene rings is 3. The number of carbonyl (C=O) groups is 1. The quantitative estimate of drug-likeness (QED) is 0.330. The van der Waals surface area contributed by atoms with Gasteiger partial charge in [0.05, 0.1) is 6.61 Å². The van der Waals surface area contributed by atoms with Crippen LogP contribution in [-0.4, -0.2) is 18.4 Å². The number of para-hydroxylation sites is 1. The van der Waals surface area contributed by atoms with E-state index < -0.39 is 46.1 Å². The predicted octanol–water partition coefficient (Wildman–Crippen LogP) is 5.99. The number of ether oxygens (including phenoxy) is 3. The molecule has 0 saturated carbocycles. The molecule has 1 atom stereocenters. The Morgan fingerprint density at radius 1 is 0.943 bits per heavy atom. The van der Waals surface area contributed by atoms with Crippen LogP contribution in [0.3, 0.4) is 0 Å². The van der Waals surface area contributed by atoms with Crippen LogP contribution in [0.1, 0.15) is 41.3 Å². The molecule has 0 aliphatic carbocycles. The van der Waals surface area contributed by atoms with Crippen molar-refractivity contribution < 1.29 is 32.2 Å². The molecule has 4 rings (SSSR count). The van der Waals surface area contributed by atoms with Crippen LogP contribution in [0.4, 0.5) is 13.2 Å². The van der Waals surface area contributed by atoms with E-state index in [9.17, 15) is 18.8 Å². The van der Waals surface area contributed by atoms with E-state index in [1.165, 1.54) is 30.3 Å². The number of nitriles is 2. The summed E-state index contributed by atoms with van der Waals surface area (Å²) in [6.45, 7) is 1.99. The smallest absolute Gasteiger partial charge is 0.344 e. The summed E-state index contributed by atoms with van der Waals surface area (Å²) in [5.41, 5.74) is -1.53. The lowest BCUT2D eigenvalue weighted by Gasteiger charge is -2.24. The van der Waals surface area contributed by atoms with Crippen LogP contribution in [0, 0.1) is 40.1 Å². The first-order valence-corrected chi connectivity index (χ1v) is 10.5. The molecule has 6 nitrogen and oxygen atoms in total. The molecular weight excluding hydrogens is 461 g/mol. The van der Waals surface area contributed by atoms with E-state index in [0.717, 1.165) is 0 Å². The lowest BCUT2D eigenvalue weighted by Crippen LogP contribution is -2.30. The standard InChI is InChI=1S/C26H17F3N2O4/c1-26(11-6-12-33-26)35-25(32)17-10-5-9-16(15-7-3-2-4-8-15)23(17)34-24-21(28)19(14-31)18(13-30)20(27)22(24)29/h2-5,7-10H,6,11-12H2,1H3. The van der Waals surface area contributed by atoms with Crippen molar-refractivity contribution in [3.05, 3.63) is 82.7 Å². The molecule has 1 saturated heterocycles. The van der Waals surface area contributed by atoms with Crippen molar-refractivity contribution in [3.8, 4) is 34.8 Å². The van der Waals surface area contributed by atoms with E-state index in [1.54, 1.807) is 37.3 Å².